The predicted octanol–water partition coefficient (Wildman–Crippen LogP) is 2.19. The maximum atomic E-state index is 12.5. The molecular formula is C9H7F5N2O2. The Labute approximate surface area is 97.6 Å². The summed E-state index contributed by atoms with van der Waals surface area (Å²) in [5, 5.41) is 0. The lowest BCUT2D eigenvalue weighted by molar-refractivity contribution is -0.275. The van der Waals surface area contributed by atoms with Crippen LogP contribution in [0.15, 0.2) is 6.20 Å². The first-order valence-corrected chi connectivity index (χ1v) is 4.51. The Kier molecular flexibility index (Phi) is 4.17. The molecule has 0 saturated heterocycles. The number of nitrogens with zero attached hydrogens (tertiary/aromatic N) is 1. The average Bonchev–Trinajstić information content (AvgIpc) is 2.25. The molecule has 0 atom stereocenters. The number of hydrogen-bond acceptors (Lipinski definition) is 4. The van der Waals surface area contributed by atoms with Crippen molar-refractivity contribution in [1.82, 2.24) is 4.98 Å². The number of pyridine rings is 1. The largest absolute Gasteiger partial charge is 0.573 e. The highest BCUT2D eigenvalue weighted by molar-refractivity contribution is 5.81. The van der Waals surface area contributed by atoms with Gasteiger partial charge in [-0.25, -0.2) is 8.78 Å². The lowest BCUT2D eigenvalue weighted by Gasteiger charge is -2.16. The Morgan fingerprint density at radius 1 is 1.44 bits per heavy atom. The van der Waals surface area contributed by atoms with Gasteiger partial charge >= 0.3 is 6.36 Å². The molecule has 0 unspecified atom stereocenters. The average molecular weight is 270 g/mol. The molecule has 4 nitrogen and oxygen atoms in total. The van der Waals surface area contributed by atoms with E-state index in [0.717, 1.165) is 0 Å². The lowest BCUT2D eigenvalue weighted by Crippen LogP contribution is -2.21. The summed E-state index contributed by atoms with van der Waals surface area (Å²) < 4.78 is 64.8. The molecule has 1 rings (SSSR count). The maximum absolute atomic E-state index is 12.5. The number of carbonyl (C=O) groups excluding carboxylic acids is 1. The van der Waals surface area contributed by atoms with Gasteiger partial charge in [0.05, 0.1) is 16.8 Å². The molecule has 0 bridgehead atoms. The highest BCUT2D eigenvalue weighted by atomic mass is 19.4. The van der Waals surface area contributed by atoms with E-state index in [4.69, 9.17) is 5.73 Å². The second-order valence-corrected chi connectivity index (χ2v) is 3.07. The normalized spacial score (nSPS) is 11.7. The summed E-state index contributed by atoms with van der Waals surface area (Å²) in [6.07, 6.45) is -8.02. The van der Waals surface area contributed by atoms with Crippen LogP contribution in [0, 0.1) is 0 Å². The Morgan fingerprint density at radius 3 is 2.44 bits per heavy atom. The summed E-state index contributed by atoms with van der Waals surface area (Å²) in [5.41, 5.74) is 3.04. The SMILES string of the molecule is NCc1ncc(C(F)F)c(OC(F)(F)F)c1C=O. The van der Waals surface area contributed by atoms with Crippen LogP contribution < -0.4 is 10.5 Å². The molecule has 100 valence electrons. The summed E-state index contributed by atoms with van der Waals surface area (Å²) in [6.45, 7) is -0.383. The quantitative estimate of drug-likeness (QED) is 0.672. The maximum Gasteiger partial charge on any atom is 0.573 e. The molecule has 2 N–H and O–H groups in total. The summed E-state index contributed by atoms with van der Waals surface area (Å²) in [6, 6.07) is 0. The number of rotatable bonds is 4. The number of hydrogen-bond donors (Lipinski definition) is 1. The van der Waals surface area contributed by atoms with Gasteiger partial charge in [-0.15, -0.1) is 13.2 Å². The van der Waals surface area contributed by atoms with E-state index in [9.17, 15) is 26.7 Å². The van der Waals surface area contributed by atoms with Gasteiger partial charge in [-0.3, -0.25) is 9.78 Å². The summed E-state index contributed by atoms with van der Waals surface area (Å²) in [7, 11) is 0. The van der Waals surface area contributed by atoms with Gasteiger partial charge in [-0.2, -0.15) is 0 Å². The number of carbonyl (C=O) groups is 1. The van der Waals surface area contributed by atoms with Crippen molar-refractivity contribution >= 4 is 6.29 Å². The first kappa shape index (κ1) is 14.3. The van der Waals surface area contributed by atoms with Crippen LogP contribution in [0.2, 0.25) is 0 Å². The van der Waals surface area contributed by atoms with Crippen molar-refractivity contribution in [1.29, 1.82) is 0 Å². The van der Waals surface area contributed by atoms with Crippen LogP contribution >= 0.6 is 0 Å². The molecule has 0 fully saturated rings. The highest BCUT2D eigenvalue weighted by Gasteiger charge is 2.35. The Bertz CT molecular complexity index is 447. The van der Waals surface area contributed by atoms with Crippen LogP contribution in [0.5, 0.6) is 5.75 Å². The van der Waals surface area contributed by atoms with Gasteiger partial charge in [-0.1, -0.05) is 0 Å². The smallest absolute Gasteiger partial charge is 0.404 e. The minimum absolute atomic E-state index is 0.0534. The topological polar surface area (TPSA) is 65.2 Å². The van der Waals surface area contributed by atoms with Crippen molar-refractivity contribution in [2.45, 2.75) is 19.3 Å². The molecule has 0 aliphatic carbocycles. The molecule has 0 radical (unpaired) electrons. The monoisotopic (exact) mass is 270 g/mol. The van der Waals surface area contributed by atoms with Crippen LogP contribution in [0.3, 0.4) is 0 Å². The zero-order chi connectivity index (χ0) is 13.9. The molecule has 0 aromatic carbocycles. The Hall–Kier alpha value is -1.77. The first-order valence-electron chi connectivity index (χ1n) is 4.51. The van der Waals surface area contributed by atoms with Gasteiger partial charge < -0.3 is 10.5 Å². The van der Waals surface area contributed by atoms with Crippen LogP contribution in [-0.4, -0.2) is 17.6 Å². The van der Waals surface area contributed by atoms with E-state index in [0.29, 0.717) is 6.20 Å². The van der Waals surface area contributed by atoms with Gasteiger partial charge in [0.25, 0.3) is 6.43 Å². The molecule has 0 saturated carbocycles. The van der Waals surface area contributed by atoms with E-state index in [1.165, 1.54) is 0 Å². The van der Waals surface area contributed by atoms with Crippen LogP contribution in [-0.2, 0) is 6.54 Å². The lowest BCUT2D eigenvalue weighted by atomic mass is 10.1. The predicted molar refractivity (Wildman–Crippen MR) is 49.2 cm³/mol. The van der Waals surface area contributed by atoms with Crippen molar-refractivity contribution in [2.24, 2.45) is 5.73 Å². The summed E-state index contributed by atoms with van der Waals surface area (Å²) >= 11 is 0. The molecule has 1 aromatic rings. The fourth-order valence-electron chi connectivity index (χ4n) is 1.23. The second-order valence-electron chi connectivity index (χ2n) is 3.07. The van der Waals surface area contributed by atoms with E-state index < -0.39 is 29.7 Å². The Balaban J connectivity index is 3.43. The molecule has 0 aliphatic heterocycles. The Morgan fingerprint density at radius 2 is 2.06 bits per heavy atom. The molecule has 9 heteroatoms. The second kappa shape index (κ2) is 5.25. The van der Waals surface area contributed by atoms with Crippen LogP contribution in [0.1, 0.15) is 28.0 Å². The summed E-state index contributed by atoms with van der Waals surface area (Å²) in [5.74, 6) is -1.26. The third kappa shape index (κ3) is 3.13. The standard InChI is InChI=1S/C9H7F5N2O2/c10-8(11)4-2-16-6(1-15)5(3-17)7(4)18-9(12,13)14/h2-3,8H,1,15H2. The minimum atomic E-state index is -5.20. The number of ether oxygens (including phenoxy) is 1. The molecular weight excluding hydrogens is 263 g/mol. The first-order chi connectivity index (χ1) is 8.30. The van der Waals surface area contributed by atoms with Crippen molar-refractivity contribution in [2.75, 3.05) is 0 Å². The molecule has 0 spiro atoms. The van der Waals surface area contributed by atoms with Gasteiger partial charge in [0.1, 0.15) is 0 Å². The van der Waals surface area contributed by atoms with Crippen molar-refractivity contribution in [3.05, 3.63) is 23.0 Å². The zero-order valence-electron chi connectivity index (χ0n) is 8.67. The van der Waals surface area contributed by atoms with Crippen LogP contribution in [0.25, 0.3) is 0 Å². The third-order valence-corrected chi connectivity index (χ3v) is 1.94. The van der Waals surface area contributed by atoms with E-state index >= 15 is 0 Å². The number of nitrogens with two attached hydrogens (primary N) is 1. The zero-order valence-corrected chi connectivity index (χ0v) is 8.67. The van der Waals surface area contributed by atoms with Gasteiger partial charge in [0.15, 0.2) is 12.0 Å². The molecule has 0 amide bonds. The van der Waals surface area contributed by atoms with Gasteiger partial charge in [0.2, 0.25) is 0 Å². The molecule has 0 aliphatic rings. The number of halogens is 5. The van der Waals surface area contributed by atoms with E-state index in [-0.39, 0.29) is 18.5 Å². The van der Waals surface area contributed by atoms with Gasteiger partial charge in [-0.05, 0) is 0 Å². The molecule has 1 heterocycles. The van der Waals surface area contributed by atoms with Crippen molar-refractivity contribution in [3.63, 3.8) is 0 Å². The van der Waals surface area contributed by atoms with Gasteiger partial charge in [0, 0.05) is 12.7 Å². The minimum Gasteiger partial charge on any atom is -0.404 e. The highest BCUT2D eigenvalue weighted by Crippen LogP contribution is 2.35. The van der Waals surface area contributed by atoms with E-state index in [2.05, 4.69) is 9.72 Å². The van der Waals surface area contributed by atoms with E-state index in [1.807, 2.05) is 0 Å². The number of alkyl halides is 5. The fourth-order valence-corrected chi connectivity index (χ4v) is 1.23. The fraction of sp³-hybridized carbons (Fsp3) is 0.333. The van der Waals surface area contributed by atoms with Crippen molar-refractivity contribution in [3.8, 4) is 5.75 Å². The molecule has 18 heavy (non-hydrogen) atoms. The third-order valence-electron chi connectivity index (χ3n) is 1.94. The van der Waals surface area contributed by atoms with E-state index in [1.54, 1.807) is 0 Å². The summed E-state index contributed by atoms with van der Waals surface area (Å²) in [4.78, 5) is 14.1. The number of aldehydes is 1. The van der Waals surface area contributed by atoms with Crippen LogP contribution in [0.4, 0.5) is 22.0 Å². The molecule has 1 aromatic heterocycles. The van der Waals surface area contributed by atoms with Crippen molar-refractivity contribution < 1.29 is 31.5 Å². The number of aromatic nitrogens is 1.